The van der Waals surface area contributed by atoms with Gasteiger partial charge in [-0.1, -0.05) is 5.92 Å². The number of aliphatic hydroxyl groups is 1. The molecule has 0 unspecified atom stereocenters. The Bertz CT molecular complexity index is 735. The molecule has 1 fully saturated rings. The number of nitrogens with zero attached hydrogens (tertiary/aromatic N) is 1. The molecule has 1 aromatic rings. The molecule has 130 valence electrons. The van der Waals surface area contributed by atoms with E-state index in [0.717, 1.165) is 10.6 Å². The van der Waals surface area contributed by atoms with Gasteiger partial charge in [0.2, 0.25) is 0 Å². The standard InChI is InChI=1S/C14H17N3O7/c1-3-5-15-14(21)23-7-8-10(19)11(22-2)12(24-8)17-6-4-9(18)16-13(17)20/h1,4,6,8,10-12,19H,5,7H2,2H3,(H,15,21)(H,16,18,20)/t8-,10-,11-,12-/m1/s1. The van der Waals surface area contributed by atoms with Gasteiger partial charge in [-0.15, -0.1) is 6.42 Å². The third-order valence-corrected chi connectivity index (χ3v) is 3.42. The number of alkyl carbamates (subject to hydrolysis) is 1. The van der Waals surface area contributed by atoms with Gasteiger partial charge >= 0.3 is 11.8 Å². The summed E-state index contributed by atoms with van der Waals surface area (Å²) in [6.07, 6.45) is 1.51. The van der Waals surface area contributed by atoms with E-state index in [1.54, 1.807) is 0 Å². The number of hydrogen-bond acceptors (Lipinski definition) is 7. The maximum atomic E-state index is 11.9. The van der Waals surface area contributed by atoms with E-state index in [1.165, 1.54) is 13.3 Å². The zero-order valence-electron chi connectivity index (χ0n) is 12.8. The summed E-state index contributed by atoms with van der Waals surface area (Å²) in [6.45, 7) is -0.269. The Labute approximate surface area is 136 Å². The van der Waals surface area contributed by atoms with Gasteiger partial charge in [-0.25, -0.2) is 9.59 Å². The summed E-state index contributed by atoms with van der Waals surface area (Å²) in [5, 5.41) is 12.5. The highest BCUT2D eigenvalue weighted by Gasteiger charge is 2.46. The van der Waals surface area contributed by atoms with E-state index in [4.69, 9.17) is 20.6 Å². The van der Waals surface area contributed by atoms with Crippen molar-refractivity contribution in [1.29, 1.82) is 0 Å². The molecule has 0 saturated carbocycles. The smallest absolute Gasteiger partial charge is 0.407 e. The van der Waals surface area contributed by atoms with Crippen molar-refractivity contribution in [3.05, 3.63) is 33.1 Å². The fraction of sp³-hybridized carbons (Fsp3) is 0.500. The van der Waals surface area contributed by atoms with Gasteiger partial charge in [-0.3, -0.25) is 14.3 Å². The van der Waals surface area contributed by atoms with Crippen LogP contribution in [0.5, 0.6) is 0 Å². The molecule has 2 heterocycles. The number of H-pyrrole nitrogens is 1. The number of aromatic nitrogens is 2. The minimum atomic E-state index is -1.15. The molecular formula is C14H17N3O7. The predicted molar refractivity (Wildman–Crippen MR) is 80.2 cm³/mol. The Morgan fingerprint density at radius 2 is 2.33 bits per heavy atom. The van der Waals surface area contributed by atoms with Gasteiger partial charge in [0.25, 0.3) is 5.56 Å². The van der Waals surface area contributed by atoms with Crippen LogP contribution in [-0.4, -0.2) is 59.3 Å². The van der Waals surface area contributed by atoms with E-state index < -0.39 is 41.9 Å². The molecule has 1 aliphatic heterocycles. The zero-order valence-corrected chi connectivity index (χ0v) is 12.8. The molecule has 0 radical (unpaired) electrons. The van der Waals surface area contributed by atoms with Crippen LogP contribution in [0.25, 0.3) is 0 Å². The second-order valence-electron chi connectivity index (χ2n) is 4.93. The van der Waals surface area contributed by atoms with Gasteiger partial charge in [0.1, 0.15) is 24.9 Å². The van der Waals surface area contributed by atoms with Gasteiger partial charge in [0.05, 0.1) is 6.54 Å². The lowest BCUT2D eigenvalue weighted by Gasteiger charge is -2.19. The van der Waals surface area contributed by atoms with Crippen LogP contribution < -0.4 is 16.6 Å². The van der Waals surface area contributed by atoms with Gasteiger partial charge in [-0.2, -0.15) is 0 Å². The lowest BCUT2D eigenvalue weighted by molar-refractivity contribution is -0.0637. The molecule has 0 aromatic carbocycles. The van der Waals surface area contributed by atoms with E-state index in [-0.39, 0.29) is 13.2 Å². The van der Waals surface area contributed by atoms with Crippen LogP contribution in [0.4, 0.5) is 4.79 Å². The van der Waals surface area contributed by atoms with E-state index in [0.29, 0.717) is 0 Å². The third kappa shape index (κ3) is 3.83. The number of ether oxygens (including phenoxy) is 3. The van der Waals surface area contributed by atoms with Gasteiger partial charge in [-0.05, 0) is 0 Å². The molecule has 1 saturated heterocycles. The maximum absolute atomic E-state index is 11.9. The molecule has 0 spiro atoms. The largest absolute Gasteiger partial charge is 0.447 e. The van der Waals surface area contributed by atoms with Crippen LogP contribution in [0, 0.1) is 12.3 Å². The first-order valence-electron chi connectivity index (χ1n) is 6.99. The van der Waals surface area contributed by atoms with Crippen molar-refractivity contribution < 1.29 is 24.1 Å². The number of methoxy groups -OCH3 is 1. The van der Waals surface area contributed by atoms with Gasteiger partial charge in [0, 0.05) is 19.4 Å². The number of amides is 1. The average molecular weight is 339 g/mol. The maximum Gasteiger partial charge on any atom is 0.407 e. The second kappa shape index (κ2) is 7.78. The molecule has 4 atom stereocenters. The Hall–Kier alpha value is -2.61. The third-order valence-electron chi connectivity index (χ3n) is 3.42. The Balaban J connectivity index is 2.09. The van der Waals surface area contributed by atoms with Crippen LogP contribution in [0.3, 0.4) is 0 Å². The minimum absolute atomic E-state index is 0.00298. The first kappa shape index (κ1) is 17.7. The molecule has 0 aliphatic carbocycles. The second-order valence-corrected chi connectivity index (χ2v) is 4.93. The summed E-state index contributed by atoms with van der Waals surface area (Å²) in [6, 6.07) is 1.14. The van der Waals surface area contributed by atoms with Crippen LogP contribution in [0.1, 0.15) is 6.23 Å². The Morgan fingerprint density at radius 3 is 2.96 bits per heavy atom. The van der Waals surface area contributed by atoms with E-state index in [9.17, 15) is 19.5 Å². The molecule has 24 heavy (non-hydrogen) atoms. The average Bonchev–Trinajstić information content (AvgIpc) is 2.86. The molecule has 10 nitrogen and oxygen atoms in total. The highest BCUT2D eigenvalue weighted by molar-refractivity contribution is 5.67. The number of carbonyl (C=O) groups is 1. The van der Waals surface area contributed by atoms with Crippen molar-refractivity contribution in [3.8, 4) is 12.3 Å². The molecular weight excluding hydrogens is 322 g/mol. The van der Waals surface area contributed by atoms with E-state index in [2.05, 4.69) is 16.2 Å². The molecule has 1 aromatic heterocycles. The van der Waals surface area contributed by atoms with Crippen molar-refractivity contribution in [3.63, 3.8) is 0 Å². The molecule has 0 bridgehead atoms. The molecule has 1 amide bonds. The first-order valence-corrected chi connectivity index (χ1v) is 6.99. The SMILES string of the molecule is C#CCNC(=O)OC[C@H]1O[C@@H](n2ccc(=O)[nH]c2=O)[C@H](OC)[C@@H]1O. The van der Waals surface area contributed by atoms with Crippen LogP contribution in [-0.2, 0) is 14.2 Å². The van der Waals surface area contributed by atoms with E-state index in [1.807, 2.05) is 0 Å². The lowest BCUT2D eigenvalue weighted by Crippen LogP contribution is -2.39. The summed E-state index contributed by atoms with van der Waals surface area (Å²) in [5.74, 6) is 2.21. The van der Waals surface area contributed by atoms with Gasteiger partial charge < -0.3 is 24.6 Å². The van der Waals surface area contributed by atoms with E-state index >= 15 is 0 Å². The van der Waals surface area contributed by atoms with Crippen LogP contribution in [0.2, 0.25) is 0 Å². The molecule has 1 aliphatic rings. The van der Waals surface area contributed by atoms with Crippen molar-refractivity contribution >= 4 is 6.09 Å². The molecule has 10 heteroatoms. The minimum Gasteiger partial charge on any atom is -0.447 e. The van der Waals surface area contributed by atoms with Crippen LogP contribution in [0.15, 0.2) is 21.9 Å². The summed E-state index contributed by atoms with van der Waals surface area (Å²) >= 11 is 0. The molecule has 3 N–H and O–H groups in total. The van der Waals surface area contributed by atoms with Crippen molar-refractivity contribution in [2.24, 2.45) is 0 Å². The Morgan fingerprint density at radius 1 is 1.58 bits per heavy atom. The highest BCUT2D eigenvalue weighted by atomic mass is 16.6. The first-order chi connectivity index (χ1) is 11.5. The van der Waals surface area contributed by atoms with Gasteiger partial charge in [0.15, 0.2) is 6.23 Å². The lowest BCUT2D eigenvalue weighted by atomic mass is 10.1. The van der Waals surface area contributed by atoms with Crippen molar-refractivity contribution in [1.82, 2.24) is 14.9 Å². The quantitative estimate of drug-likeness (QED) is 0.538. The Kier molecular flexibility index (Phi) is 5.75. The fourth-order valence-corrected chi connectivity index (χ4v) is 2.29. The highest BCUT2D eigenvalue weighted by Crippen LogP contribution is 2.30. The molecule has 2 rings (SSSR count). The number of carbonyl (C=O) groups excluding carboxylic acids is 1. The summed E-state index contributed by atoms with van der Waals surface area (Å²) in [4.78, 5) is 36.4. The zero-order chi connectivity index (χ0) is 17.7. The number of nitrogens with one attached hydrogen (secondary N) is 2. The number of aliphatic hydroxyl groups excluding tert-OH is 1. The predicted octanol–water partition coefficient (Wildman–Crippen LogP) is -1.83. The van der Waals surface area contributed by atoms with Crippen molar-refractivity contribution in [2.45, 2.75) is 24.5 Å². The summed E-state index contributed by atoms with van der Waals surface area (Å²) < 4.78 is 16.7. The monoisotopic (exact) mass is 339 g/mol. The van der Waals surface area contributed by atoms with Crippen LogP contribution >= 0.6 is 0 Å². The number of rotatable bonds is 5. The number of terminal acetylenes is 1. The van der Waals surface area contributed by atoms with Crippen molar-refractivity contribution in [2.75, 3.05) is 20.3 Å². The number of hydrogen-bond donors (Lipinski definition) is 3. The number of aromatic amines is 1. The summed E-state index contributed by atoms with van der Waals surface area (Å²) in [7, 11) is 1.34. The summed E-state index contributed by atoms with van der Waals surface area (Å²) in [5.41, 5.74) is -1.27. The topological polar surface area (TPSA) is 132 Å². The normalized spacial score (nSPS) is 25.9. The fourth-order valence-electron chi connectivity index (χ4n) is 2.29.